The number of benzene rings is 2. The summed E-state index contributed by atoms with van der Waals surface area (Å²) in [6.45, 7) is 1.81. The van der Waals surface area contributed by atoms with Crippen molar-refractivity contribution in [2.24, 2.45) is 7.05 Å². The van der Waals surface area contributed by atoms with Gasteiger partial charge in [0.05, 0.1) is 16.3 Å². The van der Waals surface area contributed by atoms with Gasteiger partial charge < -0.3 is 0 Å². The summed E-state index contributed by atoms with van der Waals surface area (Å²) in [6.07, 6.45) is 5.48. The van der Waals surface area contributed by atoms with Gasteiger partial charge in [0.2, 0.25) is 0 Å². The molecule has 2 heterocycles. The lowest BCUT2D eigenvalue weighted by Crippen LogP contribution is -2.33. The quantitative estimate of drug-likeness (QED) is 0.451. The van der Waals surface area contributed by atoms with Crippen molar-refractivity contribution in [2.45, 2.75) is 6.92 Å². The number of aromatic nitrogens is 2. The summed E-state index contributed by atoms with van der Waals surface area (Å²) in [6, 6.07) is 19.1. The fourth-order valence-electron chi connectivity index (χ4n) is 3.30. The number of nitrogens with zero attached hydrogens (tertiary/aromatic N) is 3. The highest BCUT2D eigenvalue weighted by Crippen LogP contribution is 2.35. The molecule has 0 unspecified atom stereocenters. The Labute approximate surface area is 183 Å². The van der Waals surface area contributed by atoms with Crippen molar-refractivity contribution >= 4 is 46.0 Å². The van der Waals surface area contributed by atoms with Crippen LogP contribution in [0.3, 0.4) is 0 Å². The number of para-hydroxylation sites is 1. The fourth-order valence-corrected chi connectivity index (χ4v) is 4.52. The maximum absolute atomic E-state index is 13.2. The first-order chi connectivity index (χ1) is 14.5. The van der Waals surface area contributed by atoms with E-state index in [0.29, 0.717) is 20.6 Å². The first-order valence-corrected chi connectivity index (χ1v) is 10.5. The molecule has 0 bridgehead atoms. The fraction of sp³-hybridized carbons (Fsp3) is 0.0870. The van der Waals surface area contributed by atoms with E-state index in [1.165, 1.54) is 16.7 Å². The second-order valence-electron chi connectivity index (χ2n) is 6.72. The summed E-state index contributed by atoms with van der Waals surface area (Å²) in [5.74, 6) is -0.284. The first-order valence-electron chi connectivity index (χ1n) is 9.32. The zero-order valence-electron chi connectivity index (χ0n) is 16.5. The highest BCUT2D eigenvalue weighted by molar-refractivity contribution is 8.27. The van der Waals surface area contributed by atoms with Crippen molar-refractivity contribution in [1.29, 1.82) is 0 Å². The van der Waals surface area contributed by atoms with Crippen LogP contribution >= 0.6 is 24.0 Å². The molecule has 1 fully saturated rings. The largest absolute Gasteiger partial charge is 0.296 e. The molecule has 0 N–H and O–H groups in total. The van der Waals surface area contributed by atoms with Crippen LogP contribution in [0.4, 0.5) is 5.69 Å². The molecule has 3 aromatic rings. The first kappa shape index (κ1) is 20.1. The Morgan fingerprint density at radius 2 is 1.60 bits per heavy atom. The number of thiocarbonyl (C=S) groups is 1. The minimum Gasteiger partial charge on any atom is -0.283 e. The molecule has 1 aliphatic rings. The molecule has 7 heteroatoms. The van der Waals surface area contributed by atoms with Crippen molar-refractivity contribution in [2.75, 3.05) is 4.90 Å². The van der Waals surface area contributed by atoms with E-state index in [1.54, 1.807) is 22.5 Å². The predicted octanol–water partition coefficient (Wildman–Crippen LogP) is 4.45. The zero-order chi connectivity index (χ0) is 21.3. The van der Waals surface area contributed by atoms with Gasteiger partial charge in [0.1, 0.15) is 5.69 Å². The van der Waals surface area contributed by atoms with Gasteiger partial charge in [-0.05, 0) is 30.7 Å². The Hall–Kier alpha value is -3.16. The van der Waals surface area contributed by atoms with Crippen molar-refractivity contribution in [3.63, 3.8) is 0 Å². The Kier molecular flexibility index (Phi) is 5.57. The molecule has 0 saturated carbocycles. The predicted molar refractivity (Wildman–Crippen MR) is 127 cm³/mol. The molecular formula is C23H19N3O2S2. The average molecular weight is 434 g/mol. The van der Waals surface area contributed by atoms with Crippen LogP contribution in [-0.2, 0) is 11.8 Å². The number of amides is 1. The normalized spacial score (nSPS) is 15.7. The zero-order valence-corrected chi connectivity index (χ0v) is 18.1. The van der Waals surface area contributed by atoms with Crippen LogP contribution in [0.25, 0.3) is 11.8 Å². The summed E-state index contributed by atoms with van der Waals surface area (Å²) in [5.41, 5.74) is 2.44. The van der Waals surface area contributed by atoms with E-state index < -0.39 is 0 Å². The second kappa shape index (κ2) is 8.30. The summed E-state index contributed by atoms with van der Waals surface area (Å²) >= 11 is 6.66. The summed E-state index contributed by atoms with van der Waals surface area (Å²) in [5, 5.41) is 0. The third kappa shape index (κ3) is 3.58. The molecule has 0 atom stereocenters. The lowest BCUT2D eigenvalue weighted by Gasteiger charge is -2.12. The monoisotopic (exact) mass is 433 g/mol. The van der Waals surface area contributed by atoms with E-state index in [2.05, 4.69) is 0 Å². The highest BCUT2D eigenvalue weighted by Gasteiger charge is 2.37. The Bertz CT molecular complexity index is 1240. The Morgan fingerprint density at radius 3 is 2.27 bits per heavy atom. The molecule has 1 saturated heterocycles. The smallest absolute Gasteiger partial charge is 0.283 e. The summed E-state index contributed by atoms with van der Waals surface area (Å²) in [7, 11) is 1.79. The summed E-state index contributed by atoms with van der Waals surface area (Å²) in [4.78, 5) is 28.2. The minimum atomic E-state index is -0.284. The van der Waals surface area contributed by atoms with Crippen LogP contribution < -0.4 is 10.5 Å². The average Bonchev–Trinajstić information content (AvgIpc) is 3.15. The number of carbonyl (C=O) groups excluding carboxylic acids is 1. The third-order valence-corrected chi connectivity index (χ3v) is 6.20. The van der Waals surface area contributed by atoms with E-state index >= 15 is 0 Å². The number of hydrogen-bond donors (Lipinski definition) is 0. The molecule has 5 nitrogen and oxygen atoms in total. The van der Waals surface area contributed by atoms with Gasteiger partial charge in [-0.15, -0.1) is 0 Å². The van der Waals surface area contributed by atoms with E-state index in [9.17, 15) is 9.59 Å². The van der Waals surface area contributed by atoms with Crippen LogP contribution in [0.1, 0.15) is 11.3 Å². The molecule has 1 amide bonds. The van der Waals surface area contributed by atoms with E-state index in [4.69, 9.17) is 12.2 Å². The Morgan fingerprint density at radius 1 is 0.967 bits per heavy atom. The minimum absolute atomic E-state index is 0.279. The molecule has 150 valence electrons. The van der Waals surface area contributed by atoms with Gasteiger partial charge in [-0.25, -0.2) is 4.68 Å². The lowest BCUT2D eigenvalue weighted by molar-refractivity contribution is -0.113. The van der Waals surface area contributed by atoms with Gasteiger partial charge in [-0.2, -0.15) is 0 Å². The number of anilines is 1. The molecule has 2 aromatic carbocycles. The van der Waals surface area contributed by atoms with Crippen LogP contribution in [0.2, 0.25) is 0 Å². The van der Waals surface area contributed by atoms with Gasteiger partial charge >= 0.3 is 0 Å². The van der Waals surface area contributed by atoms with Gasteiger partial charge in [0.25, 0.3) is 11.5 Å². The number of hydrogen-bond acceptors (Lipinski definition) is 4. The molecular weight excluding hydrogens is 414 g/mol. The van der Waals surface area contributed by atoms with E-state index in [1.807, 2.05) is 79.7 Å². The van der Waals surface area contributed by atoms with Crippen molar-refractivity contribution in [3.8, 4) is 5.69 Å². The second-order valence-corrected chi connectivity index (χ2v) is 8.40. The standard InChI is InChI=1S/C23H19N3O2S2/c1-16-20(22(28)26(24(16)2)18-13-7-4-8-14-18)25-21(27)19(30-23(25)29)15-9-12-17-10-5-3-6-11-17/h3-15H,1-2H3/b12-9+,19-15-. The van der Waals surface area contributed by atoms with Crippen LogP contribution in [0.15, 0.2) is 82.5 Å². The molecule has 0 spiro atoms. The maximum Gasteiger partial charge on any atom is 0.296 e. The number of allylic oxidation sites excluding steroid dienone is 2. The molecule has 0 radical (unpaired) electrons. The Balaban J connectivity index is 1.69. The number of thioether (sulfide) groups is 1. The van der Waals surface area contributed by atoms with Crippen molar-refractivity contribution in [1.82, 2.24) is 9.36 Å². The molecule has 1 aromatic heterocycles. The van der Waals surface area contributed by atoms with Crippen LogP contribution in [0, 0.1) is 6.92 Å². The number of rotatable bonds is 4. The van der Waals surface area contributed by atoms with Gasteiger partial charge in [-0.3, -0.25) is 19.2 Å². The van der Waals surface area contributed by atoms with Crippen LogP contribution in [0.5, 0.6) is 0 Å². The van der Waals surface area contributed by atoms with Crippen molar-refractivity contribution in [3.05, 3.63) is 99.3 Å². The van der Waals surface area contributed by atoms with E-state index in [0.717, 1.165) is 11.3 Å². The molecule has 0 aliphatic carbocycles. The molecule has 1 aliphatic heterocycles. The van der Waals surface area contributed by atoms with Crippen LogP contribution in [-0.4, -0.2) is 19.6 Å². The van der Waals surface area contributed by atoms with Gasteiger partial charge in [0.15, 0.2) is 4.32 Å². The van der Waals surface area contributed by atoms with Gasteiger partial charge in [0, 0.05) is 7.05 Å². The lowest BCUT2D eigenvalue weighted by atomic mass is 10.2. The summed E-state index contributed by atoms with van der Waals surface area (Å²) < 4.78 is 3.64. The topological polar surface area (TPSA) is 47.2 Å². The SMILES string of the molecule is Cc1c(N2C(=O)/C(=C/C=C/c3ccccc3)SC2=S)c(=O)n(-c2ccccc2)n1C. The maximum atomic E-state index is 13.2. The molecule has 4 rings (SSSR count). The third-order valence-electron chi connectivity index (χ3n) is 4.88. The van der Waals surface area contributed by atoms with Crippen molar-refractivity contribution < 1.29 is 4.79 Å². The molecule has 30 heavy (non-hydrogen) atoms. The van der Waals surface area contributed by atoms with Gasteiger partial charge in [-0.1, -0.05) is 84.7 Å². The number of carbonyl (C=O) groups is 1. The van der Waals surface area contributed by atoms with E-state index in [-0.39, 0.29) is 11.5 Å². The highest BCUT2D eigenvalue weighted by atomic mass is 32.2.